The summed E-state index contributed by atoms with van der Waals surface area (Å²) in [7, 11) is -7.30. The van der Waals surface area contributed by atoms with Crippen molar-refractivity contribution < 1.29 is 25.6 Å². The fourth-order valence-corrected chi connectivity index (χ4v) is 4.88. The number of halogens is 2. The number of rotatable bonds is 7. The molecule has 0 fully saturated rings. The average Bonchev–Trinajstić information content (AvgIpc) is 3.01. The molecule has 1 aromatic heterocycles. The first kappa shape index (κ1) is 25.1. The molecule has 1 heterocycles. The third-order valence-electron chi connectivity index (χ3n) is 4.32. The molecule has 2 N–H and O–H groups in total. The highest BCUT2D eigenvalue weighted by molar-refractivity contribution is 7.87. The predicted octanol–water partition coefficient (Wildman–Crippen LogP) is 3.92. The molecule has 0 aliphatic heterocycles. The van der Waals surface area contributed by atoms with Gasteiger partial charge in [0.2, 0.25) is 0 Å². The van der Waals surface area contributed by atoms with E-state index in [2.05, 4.69) is 19.5 Å². The Morgan fingerprint density at radius 2 is 1.70 bits per heavy atom. The maximum atomic E-state index is 12.9. The maximum absolute atomic E-state index is 12.9. The monoisotopic (exact) mass is 534 g/mol. The van der Waals surface area contributed by atoms with Gasteiger partial charge in [0.25, 0.3) is 25.8 Å². The Hall–Kier alpha value is -2.55. The van der Waals surface area contributed by atoms with Gasteiger partial charge in [0, 0.05) is 0 Å². The van der Waals surface area contributed by atoms with Crippen LogP contribution in [0.1, 0.15) is 11.3 Å². The lowest BCUT2D eigenvalue weighted by Gasteiger charge is -2.09. The number of aryl methyl sites for hydroxylation is 1. The first-order valence-electron chi connectivity index (χ1n) is 8.90. The highest BCUT2D eigenvalue weighted by Gasteiger charge is 2.22. The van der Waals surface area contributed by atoms with Gasteiger partial charge < -0.3 is 0 Å². The van der Waals surface area contributed by atoms with E-state index in [0.717, 1.165) is 17.9 Å². The second-order valence-electron chi connectivity index (χ2n) is 6.67. The molecule has 0 amide bonds. The number of hydrogen-bond donors (Lipinski definition) is 2. The van der Waals surface area contributed by atoms with E-state index in [1.165, 1.54) is 30.3 Å². The molecule has 176 valence electrons. The maximum Gasteiger partial charge on any atom is 0.299 e. The van der Waals surface area contributed by atoms with Gasteiger partial charge in [0.15, 0.2) is 5.69 Å². The summed E-state index contributed by atoms with van der Waals surface area (Å²) in [4.78, 5) is 12.5. The van der Waals surface area contributed by atoms with Gasteiger partial charge >= 0.3 is 0 Å². The number of nitrogens with zero attached hydrogens (tertiary/aromatic N) is 3. The largest absolute Gasteiger partial charge is 0.299 e. The molecule has 0 bridgehead atoms. The molecule has 15 heteroatoms. The Morgan fingerprint density at radius 1 is 1.06 bits per heavy atom. The average molecular weight is 535 g/mol. The van der Waals surface area contributed by atoms with Crippen LogP contribution in [0, 0.1) is 6.92 Å². The summed E-state index contributed by atoms with van der Waals surface area (Å²) in [5.41, 5.74) is 0.434. The minimum absolute atomic E-state index is 0.0437. The highest BCUT2D eigenvalue weighted by atomic mass is 35.5. The SMILES string of the molecule is COS(=O)(=O)c1cc(Cl)c(-n2[nH]c(C)c(N=Nc3ccc(CS(=O)(=O)O)cc3)c2=O)cc1Cl. The molecule has 3 aromatic rings. The van der Waals surface area contributed by atoms with Crippen molar-refractivity contribution in [2.24, 2.45) is 10.2 Å². The number of aromatic nitrogens is 2. The molecule has 3 rings (SSSR count). The van der Waals surface area contributed by atoms with Crippen molar-refractivity contribution in [2.45, 2.75) is 17.6 Å². The van der Waals surface area contributed by atoms with Crippen LogP contribution in [0.25, 0.3) is 5.69 Å². The van der Waals surface area contributed by atoms with Crippen LogP contribution in [-0.2, 0) is 30.2 Å². The van der Waals surface area contributed by atoms with Crippen molar-refractivity contribution in [3.05, 3.63) is 68.1 Å². The van der Waals surface area contributed by atoms with Gasteiger partial charge in [-0.15, -0.1) is 5.11 Å². The zero-order chi connectivity index (χ0) is 24.6. The Kier molecular flexibility index (Phi) is 7.12. The highest BCUT2D eigenvalue weighted by Crippen LogP contribution is 2.31. The Morgan fingerprint density at radius 3 is 2.27 bits per heavy atom. The summed E-state index contributed by atoms with van der Waals surface area (Å²) in [6, 6.07) is 8.09. The third-order valence-corrected chi connectivity index (χ3v) is 7.06. The fourth-order valence-electron chi connectivity index (χ4n) is 2.77. The van der Waals surface area contributed by atoms with Gasteiger partial charge in [-0.3, -0.25) is 18.6 Å². The van der Waals surface area contributed by atoms with Crippen LogP contribution in [-0.4, -0.2) is 38.3 Å². The number of aromatic amines is 1. The molecule has 0 spiro atoms. The number of nitrogens with one attached hydrogen (secondary N) is 1. The molecule has 2 aromatic carbocycles. The van der Waals surface area contributed by atoms with E-state index < -0.39 is 31.5 Å². The zero-order valence-electron chi connectivity index (χ0n) is 17.0. The van der Waals surface area contributed by atoms with Gasteiger partial charge in [0.1, 0.15) is 10.6 Å². The molecular weight excluding hydrogens is 519 g/mol. The van der Waals surface area contributed by atoms with Crippen LogP contribution < -0.4 is 5.56 Å². The molecule has 0 atom stereocenters. The molecule has 0 aliphatic carbocycles. The zero-order valence-corrected chi connectivity index (χ0v) is 20.1. The number of benzene rings is 2. The van der Waals surface area contributed by atoms with E-state index in [0.29, 0.717) is 16.9 Å². The standard InChI is InChI=1S/C18H16Cl2N4O7S2/c1-10-17(22-21-12-5-3-11(4-6-12)9-32(26,27)28)18(25)24(23-10)15-7-14(20)16(8-13(15)19)33(29,30)31-2/h3-8,23H,9H2,1-2H3,(H,26,27,28). The predicted molar refractivity (Wildman–Crippen MR) is 121 cm³/mol. The first-order chi connectivity index (χ1) is 15.3. The second kappa shape index (κ2) is 9.37. The molecule has 0 aliphatic rings. The van der Waals surface area contributed by atoms with Gasteiger partial charge in [-0.1, -0.05) is 35.3 Å². The van der Waals surface area contributed by atoms with E-state index in [1.807, 2.05) is 0 Å². The van der Waals surface area contributed by atoms with Crippen molar-refractivity contribution in [3.63, 3.8) is 0 Å². The molecular formula is C18H16Cl2N4O7S2. The molecule has 0 saturated heterocycles. The van der Waals surface area contributed by atoms with Crippen molar-refractivity contribution in [1.29, 1.82) is 0 Å². The molecule has 0 saturated carbocycles. The topological polar surface area (TPSA) is 160 Å². The number of hydrogen-bond acceptors (Lipinski definition) is 8. The summed E-state index contributed by atoms with van der Waals surface area (Å²) in [5, 5.41) is 10.4. The van der Waals surface area contributed by atoms with E-state index in [-0.39, 0.29) is 26.3 Å². The Balaban J connectivity index is 1.95. The minimum atomic E-state index is -4.16. The van der Waals surface area contributed by atoms with Gasteiger partial charge in [0.05, 0.1) is 34.2 Å². The van der Waals surface area contributed by atoms with Crippen LogP contribution in [0.15, 0.2) is 56.3 Å². The molecule has 0 unspecified atom stereocenters. The summed E-state index contributed by atoms with van der Waals surface area (Å²) in [6.45, 7) is 1.57. The first-order valence-corrected chi connectivity index (χ1v) is 12.7. The van der Waals surface area contributed by atoms with E-state index in [4.69, 9.17) is 27.8 Å². The van der Waals surface area contributed by atoms with Crippen molar-refractivity contribution in [2.75, 3.05) is 7.11 Å². The second-order valence-corrected chi connectivity index (χ2v) is 10.6. The summed E-state index contributed by atoms with van der Waals surface area (Å²) < 4.78 is 60.1. The quantitative estimate of drug-likeness (QED) is 0.263. The smallest absolute Gasteiger partial charge is 0.293 e. The summed E-state index contributed by atoms with van der Waals surface area (Å²) >= 11 is 12.3. The van der Waals surface area contributed by atoms with Crippen molar-refractivity contribution in [1.82, 2.24) is 9.78 Å². The van der Waals surface area contributed by atoms with Crippen molar-refractivity contribution in [3.8, 4) is 5.69 Å². The van der Waals surface area contributed by atoms with E-state index in [1.54, 1.807) is 6.92 Å². The number of azo groups is 1. The Labute approximate surface area is 198 Å². The Bertz CT molecular complexity index is 1510. The minimum Gasteiger partial charge on any atom is -0.293 e. The normalized spacial score (nSPS) is 12.5. The fraction of sp³-hybridized carbons (Fsp3) is 0.167. The van der Waals surface area contributed by atoms with Crippen LogP contribution >= 0.6 is 23.2 Å². The van der Waals surface area contributed by atoms with Crippen LogP contribution in [0.2, 0.25) is 10.0 Å². The summed E-state index contributed by atoms with van der Waals surface area (Å²) in [6.07, 6.45) is 0. The van der Waals surface area contributed by atoms with Gasteiger partial charge in [-0.2, -0.15) is 21.9 Å². The van der Waals surface area contributed by atoms with Crippen LogP contribution in [0.4, 0.5) is 11.4 Å². The molecule has 11 nitrogen and oxygen atoms in total. The number of H-pyrrole nitrogens is 1. The van der Waals surface area contributed by atoms with Crippen LogP contribution in [0.5, 0.6) is 0 Å². The summed E-state index contributed by atoms with van der Waals surface area (Å²) in [5.74, 6) is -0.542. The van der Waals surface area contributed by atoms with E-state index in [9.17, 15) is 21.6 Å². The third kappa shape index (κ3) is 5.69. The lowest BCUT2D eigenvalue weighted by molar-refractivity contribution is 0.398. The lowest BCUT2D eigenvalue weighted by atomic mass is 10.2. The van der Waals surface area contributed by atoms with Crippen LogP contribution in [0.3, 0.4) is 0 Å². The van der Waals surface area contributed by atoms with Gasteiger partial charge in [-0.25, -0.2) is 4.68 Å². The lowest BCUT2D eigenvalue weighted by Crippen LogP contribution is -2.15. The molecule has 0 radical (unpaired) electrons. The van der Waals surface area contributed by atoms with E-state index >= 15 is 0 Å². The molecule has 33 heavy (non-hydrogen) atoms. The van der Waals surface area contributed by atoms with Gasteiger partial charge in [-0.05, 0) is 36.8 Å². The van der Waals surface area contributed by atoms with Crippen molar-refractivity contribution >= 4 is 54.8 Å².